The molecule has 0 bridgehead atoms. The van der Waals surface area contributed by atoms with Gasteiger partial charge in [0.05, 0.1) is 60.8 Å². The van der Waals surface area contributed by atoms with Crippen LogP contribution in [0.4, 0.5) is 11.4 Å². The summed E-state index contributed by atoms with van der Waals surface area (Å²) in [5.74, 6) is 0.986. The molecule has 10 heteroatoms. The van der Waals surface area contributed by atoms with Crippen LogP contribution in [0.5, 0.6) is 11.5 Å². The van der Waals surface area contributed by atoms with Gasteiger partial charge < -0.3 is 34.6 Å². The number of benzene rings is 1. The molecular weight excluding hydrogens is 472 g/mol. The Kier molecular flexibility index (Phi) is 6.81. The minimum absolute atomic E-state index is 0.0947. The highest BCUT2D eigenvalue weighted by atomic mass is 35.5. The number of nitrogens with zero attached hydrogens (tertiary/aromatic N) is 1. The number of hydrogen-bond acceptors (Lipinski definition) is 7. The second-order valence-corrected chi connectivity index (χ2v) is 8.88. The Hall–Kier alpha value is -3.27. The van der Waals surface area contributed by atoms with Crippen molar-refractivity contribution in [1.29, 1.82) is 0 Å². The number of aromatic nitrogens is 2. The molecule has 1 amide bonds. The Morgan fingerprint density at radius 2 is 2.17 bits per heavy atom. The summed E-state index contributed by atoms with van der Waals surface area (Å²) in [4.78, 5) is 20.8. The number of nitrogens with one attached hydrogen (secondary N) is 3. The highest BCUT2D eigenvalue weighted by molar-refractivity contribution is 6.32. The summed E-state index contributed by atoms with van der Waals surface area (Å²) in [5, 5.41) is 6.83. The van der Waals surface area contributed by atoms with Crippen LogP contribution >= 0.6 is 11.6 Å². The van der Waals surface area contributed by atoms with Crippen LogP contribution in [0, 0.1) is 0 Å². The van der Waals surface area contributed by atoms with Gasteiger partial charge in [0.15, 0.2) is 5.75 Å². The first-order valence-electron chi connectivity index (χ1n) is 11.5. The first-order chi connectivity index (χ1) is 17.1. The van der Waals surface area contributed by atoms with E-state index in [1.165, 1.54) is 0 Å². The molecule has 0 aliphatic carbocycles. The number of H-pyrrole nitrogens is 1. The lowest BCUT2D eigenvalue weighted by Crippen LogP contribution is -2.33. The number of carbonyl (C=O) groups is 1. The molecule has 1 unspecified atom stereocenters. The number of ether oxygens (including phenoxy) is 4. The summed E-state index contributed by atoms with van der Waals surface area (Å²) in [5.41, 5.74) is 4.11. The third-order valence-corrected chi connectivity index (χ3v) is 6.41. The fourth-order valence-electron chi connectivity index (χ4n) is 4.35. The monoisotopic (exact) mass is 498 g/mol. The van der Waals surface area contributed by atoms with Crippen molar-refractivity contribution in [1.82, 2.24) is 15.3 Å². The molecule has 5 rings (SSSR count). The van der Waals surface area contributed by atoms with Gasteiger partial charge in [-0.2, -0.15) is 0 Å². The average Bonchev–Trinajstić information content (AvgIpc) is 3.26. The maximum atomic E-state index is 13.0. The van der Waals surface area contributed by atoms with Crippen molar-refractivity contribution < 1.29 is 23.7 Å². The van der Waals surface area contributed by atoms with Crippen LogP contribution in [0.2, 0.25) is 5.02 Å². The maximum Gasteiger partial charge on any atom is 0.255 e. The van der Waals surface area contributed by atoms with Crippen molar-refractivity contribution in [3.05, 3.63) is 52.9 Å². The van der Waals surface area contributed by atoms with E-state index in [0.717, 1.165) is 11.3 Å². The SMILES string of the molecule is COc1c(Cl)cccc1Nc1c(-c2ccncc2OCC2COCCO2)[nH]c2c1C(=O)NC[C@H]2C. The van der Waals surface area contributed by atoms with Crippen LogP contribution in [-0.4, -0.2) is 62.1 Å². The summed E-state index contributed by atoms with van der Waals surface area (Å²) >= 11 is 6.36. The number of pyridine rings is 1. The third-order valence-electron chi connectivity index (χ3n) is 6.11. The van der Waals surface area contributed by atoms with Crippen LogP contribution in [-0.2, 0) is 9.47 Å². The van der Waals surface area contributed by atoms with Crippen molar-refractivity contribution >= 4 is 28.9 Å². The molecule has 4 heterocycles. The second-order valence-electron chi connectivity index (χ2n) is 8.47. The molecule has 35 heavy (non-hydrogen) atoms. The topological polar surface area (TPSA) is 107 Å². The number of anilines is 2. The first kappa shape index (κ1) is 23.5. The lowest BCUT2D eigenvalue weighted by atomic mass is 9.98. The van der Waals surface area contributed by atoms with Gasteiger partial charge in [-0.3, -0.25) is 9.78 Å². The van der Waals surface area contributed by atoms with Gasteiger partial charge in [-0.15, -0.1) is 0 Å². The smallest absolute Gasteiger partial charge is 0.255 e. The largest absolute Gasteiger partial charge is 0.493 e. The molecule has 1 saturated heterocycles. The summed E-state index contributed by atoms with van der Waals surface area (Å²) in [6.45, 7) is 4.54. The normalized spacial score (nSPS) is 19.6. The van der Waals surface area contributed by atoms with Crippen LogP contribution in [0.1, 0.15) is 28.9 Å². The number of amides is 1. The van der Waals surface area contributed by atoms with Crippen molar-refractivity contribution in [3.63, 3.8) is 0 Å². The maximum absolute atomic E-state index is 13.0. The summed E-state index contributed by atoms with van der Waals surface area (Å²) in [6.07, 6.45) is 3.19. The number of carbonyl (C=O) groups excluding carboxylic acids is 1. The van der Waals surface area contributed by atoms with E-state index in [4.69, 9.17) is 30.5 Å². The Labute approximate surface area is 208 Å². The van der Waals surface area contributed by atoms with E-state index in [1.807, 2.05) is 18.2 Å². The van der Waals surface area contributed by atoms with Gasteiger partial charge in [0.2, 0.25) is 0 Å². The Bertz CT molecular complexity index is 1220. The minimum atomic E-state index is -0.159. The molecule has 1 aromatic carbocycles. The van der Waals surface area contributed by atoms with Crippen LogP contribution in [0.25, 0.3) is 11.3 Å². The van der Waals surface area contributed by atoms with Gasteiger partial charge in [-0.1, -0.05) is 24.6 Å². The highest BCUT2D eigenvalue weighted by Crippen LogP contribution is 2.44. The van der Waals surface area contributed by atoms with Gasteiger partial charge in [0.1, 0.15) is 18.5 Å². The zero-order chi connectivity index (χ0) is 24.4. The predicted molar refractivity (Wildman–Crippen MR) is 132 cm³/mol. The van der Waals surface area contributed by atoms with E-state index in [9.17, 15) is 4.79 Å². The number of para-hydroxylation sites is 1. The molecule has 0 spiro atoms. The van der Waals surface area contributed by atoms with E-state index in [2.05, 4.69) is 27.5 Å². The highest BCUT2D eigenvalue weighted by Gasteiger charge is 2.32. The Morgan fingerprint density at radius 3 is 2.97 bits per heavy atom. The zero-order valence-corrected chi connectivity index (χ0v) is 20.3. The van der Waals surface area contributed by atoms with Crippen molar-refractivity contribution in [2.24, 2.45) is 0 Å². The molecule has 1 fully saturated rings. The minimum Gasteiger partial charge on any atom is -0.493 e. The first-order valence-corrected chi connectivity index (χ1v) is 11.8. The number of methoxy groups -OCH3 is 1. The Morgan fingerprint density at radius 1 is 1.29 bits per heavy atom. The van der Waals surface area contributed by atoms with Gasteiger partial charge in [-0.25, -0.2) is 0 Å². The molecule has 2 aromatic heterocycles. The van der Waals surface area contributed by atoms with Gasteiger partial charge in [-0.05, 0) is 18.2 Å². The van der Waals surface area contributed by atoms with Crippen molar-refractivity contribution in [2.45, 2.75) is 18.9 Å². The molecule has 2 aliphatic rings. The molecule has 184 valence electrons. The molecule has 3 aromatic rings. The summed E-state index contributed by atoms with van der Waals surface area (Å²) in [6, 6.07) is 7.28. The molecule has 2 atom stereocenters. The Balaban J connectivity index is 1.58. The third kappa shape index (κ3) is 4.67. The van der Waals surface area contributed by atoms with Crippen molar-refractivity contribution in [2.75, 3.05) is 45.4 Å². The van der Waals surface area contributed by atoms with E-state index >= 15 is 0 Å². The average molecular weight is 499 g/mol. The summed E-state index contributed by atoms with van der Waals surface area (Å²) in [7, 11) is 1.56. The number of fused-ring (bicyclic) bond motifs is 1. The van der Waals surface area contributed by atoms with E-state index in [1.54, 1.807) is 25.6 Å². The van der Waals surface area contributed by atoms with E-state index < -0.39 is 0 Å². The standard InChI is InChI=1S/C25H27ClN4O5/c1-14-10-28-25(31)20-21(14)30-22(23(20)29-18-5-3-4-17(26)24(18)32-2)16-6-7-27-11-19(16)35-13-15-12-33-8-9-34-15/h3-7,11,14-15,29-30H,8-10,12-13H2,1-2H3,(H,28,31)/t14-,15?/m1/s1. The number of halogens is 1. The molecule has 3 N–H and O–H groups in total. The second kappa shape index (κ2) is 10.2. The van der Waals surface area contributed by atoms with Crippen molar-refractivity contribution in [3.8, 4) is 22.8 Å². The lowest BCUT2D eigenvalue weighted by molar-refractivity contribution is -0.101. The fraction of sp³-hybridized carbons (Fsp3) is 0.360. The molecule has 0 radical (unpaired) electrons. The number of aromatic amines is 1. The molecule has 0 saturated carbocycles. The van der Waals surface area contributed by atoms with E-state index in [-0.39, 0.29) is 17.9 Å². The quantitative estimate of drug-likeness (QED) is 0.449. The lowest BCUT2D eigenvalue weighted by Gasteiger charge is -2.23. The number of rotatable bonds is 7. The summed E-state index contributed by atoms with van der Waals surface area (Å²) < 4.78 is 22.8. The zero-order valence-electron chi connectivity index (χ0n) is 19.5. The van der Waals surface area contributed by atoms with Crippen LogP contribution in [0.3, 0.4) is 0 Å². The number of hydrogen-bond donors (Lipinski definition) is 3. The van der Waals surface area contributed by atoms with Crippen LogP contribution in [0.15, 0.2) is 36.7 Å². The fourth-order valence-corrected chi connectivity index (χ4v) is 4.61. The molecular formula is C25H27ClN4O5. The molecule has 9 nitrogen and oxygen atoms in total. The van der Waals surface area contributed by atoms with Gasteiger partial charge >= 0.3 is 0 Å². The van der Waals surface area contributed by atoms with Gasteiger partial charge in [0, 0.05) is 29.9 Å². The van der Waals surface area contributed by atoms with Crippen LogP contribution < -0.4 is 20.1 Å². The van der Waals surface area contributed by atoms with E-state index in [0.29, 0.717) is 72.1 Å². The van der Waals surface area contributed by atoms with Gasteiger partial charge in [0.25, 0.3) is 5.91 Å². The molecule has 2 aliphatic heterocycles. The predicted octanol–water partition coefficient (Wildman–Crippen LogP) is 4.12.